The lowest BCUT2D eigenvalue weighted by molar-refractivity contribution is 0.550. The molecule has 0 aromatic heterocycles. The van der Waals surface area contributed by atoms with Crippen molar-refractivity contribution >= 4 is 55.7 Å². The number of rotatable bonds is 9. The molecule has 95 heavy (non-hydrogen) atoms. The summed E-state index contributed by atoms with van der Waals surface area (Å²) in [6.45, 7) is 0. The maximum absolute atomic E-state index is 2.60. The summed E-state index contributed by atoms with van der Waals surface area (Å²) in [5.74, 6) is 0. The van der Waals surface area contributed by atoms with E-state index in [1.54, 1.807) is 0 Å². The van der Waals surface area contributed by atoms with E-state index in [9.17, 15) is 0 Å². The minimum absolute atomic E-state index is 0.0247. The second kappa shape index (κ2) is 21.8. The summed E-state index contributed by atoms with van der Waals surface area (Å²) in [4.78, 5) is 5.04. The fourth-order valence-corrected chi connectivity index (χ4v) is 18.3. The molecular formula is C93H66N2. The molecule has 448 valence electrons. The Kier molecular flexibility index (Phi) is 12.6. The molecule has 1 fully saturated rings. The molecule has 0 N–H and O–H groups in total. The van der Waals surface area contributed by atoms with Gasteiger partial charge in [-0.2, -0.15) is 0 Å². The Bertz CT molecular complexity index is 5120. The predicted octanol–water partition coefficient (Wildman–Crippen LogP) is 24.2. The smallest absolute Gasteiger partial charge is 0.0748 e. The second-order valence-electron chi connectivity index (χ2n) is 26.4. The van der Waals surface area contributed by atoms with Crippen LogP contribution >= 0.6 is 0 Å². The average molecular weight is 1210 g/mol. The van der Waals surface area contributed by atoms with Gasteiger partial charge in [-0.3, -0.25) is 0 Å². The van der Waals surface area contributed by atoms with Crippen molar-refractivity contribution in [2.75, 3.05) is 9.80 Å². The molecule has 4 aliphatic rings. The molecule has 2 aliphatic heterocycles. The number of hydrogen-bond acceptors (Lipinski definition) is 2. The first-order chi connectivity index (χ1) is 47.2. The Balaban J connectivity index is 0.982. The number of hydrogen-bond donors (Lipinski definition) is 0. The van der Waals surface area contributed by atoms with E-state index in [0.29, 0.717) is 0 Å². The van der Waals surface area contributed by atoms with Crippen molar-refractivity contribution in [3.8, 4) is 44.5 Å². The fourth-order valence-electron chi connectivity index (χ4n) is 18.3. The van der Waals surface area contributed by atoms with Crippen molar-refractivity contribution in [1.29, 1.82) is 0 Å². The highest BCUT2D eigenvalue weighted by atomic mass is 15.2. The topological polar surface area (TPSA) is 6.48 Å². The highest BCUT2D eigenvalue weighted by Gasteiger charge is 2.51. The number of benzene rings is 15. The highest BCUT2D eigenvalue weighted by Crippen LogP contribution is 2.65. The van der Waals surface area contributed by atoms with Gasteiger partial charge in [0, 0.05) is 27.9 Å². The third-order valence-corrected chi connectivity index (χ3v) is 21.9. The minimum atomic E-state index is -0.759. The Morgan fingerprint density at radius 3 is 1.00 bits per heavy atom. The summed E-state index contributed by atoms with van der Waals surface area (Å²) in [7, 11) is 0. The van der Waals surface area contributed by atoms with E-state index in [-0.39, 0.29) is 5.41 Å². The molecule has 0 radical (unpaired) electrons. The van der Waals surface area contributed by atoms with E-state index in [1.165, 1.54) is 135 Å². The highest BCUT2D eigenvalue weighted by molar-refractivity contribution is 6.21. The van der Waals surface area contributed by atoms with Crippen LogP contribution < -0.4 is 9.80 Å². The number of anilines is 6. The van der Waals surface area contributed by atoms with Crippen LogP contribution in [-0.2, 0) is 16.2 Å². The molecule has 2 heterocycles. The lowest BCUT2D eigenvalue weighted by Gasteiger charge is -2.47. The van der Waals surface area contributed by atoms with E-state index in [2.05, 4.69) is 362 Å². The Hall–Kier alpha value is -11.6. The first-order valence-electron chi connectivity index (χ1n) is 33.8. The van der Waals surface area contributed by atoms with Crippen LogP contribution in [0.1, 0.15) is 81.3 Å². The molecule has 15 aromatic carbocycles. The van der Waals surface area contributed by atoms with Crippen molar-refractivity contribution < 1.29 is 0 Å². The zero-order valence-electron chi connectivity index (χ0n) is 52.7. The molecule has 1 saturated carbocycles. The molecule has 0 bridgehead atoms. The van der Waals surface area contributed by atoms with E-state index < -0.39 is 10.8 Å². The summed E-state index contributed by atoms with van der Waals surface area (Å²) in [5.41, 5.74) is 28.1. The molecule has 2 nitrogen and oxygen atoms in total. The van der Waals surface area contributed by atoms with Gasteiger partial charge in [-0.15, -0.1) is 0 Å². The Morgan fingerprint density at radius 1 is 0.221 bits per heavy atom. The third kappa shape index (κ3) is 7.86. The standard InChI is InChI=1S/C93H66N2/c1-7-32-63(33-8-1)92(64-34-9-2-10-35-64)80-53-21-23-56-83(80)94(67-40-15-5-16-41-67)85-58-30-49-73(89(85)92)69-45-27-47-71-77(69)62-78-70(46-28-48-72(78)87(71)76-51-29-55-82-88(76)75-44-19-20-52-79(75)91(82)60-25-26-61-91)74-50-31-59-86-90(74)93(65-36-11-3-12-37-65,66-38-13-4-14-39-66)81-54-22-24-57-84(81)95(86)68-42-17-6-18-43-68/h1-24,27-59,62H,25-26,60-61H2. The Labute approximate surface area is 556 Å². The zero-order valence-corrected chi connectivity index (χ0v) is 52.7. The molecule has 0 atom stereocenters. The van der Waals surface area contributed by atoms with E-state index in [4.69, 9.17) is 0 Å². The van der Waals surface area contributed by atoms with Crippen LogP contribution in [0.5, 0.6) is 0 Å². The van der Waals surface area contributed by atoms with Crippen LogP contribution in [0.15, 0.2) is 352 Å². The van der Waals surface area contributed by atoms with Crippen LogP contribution in [0.4, 0.5) is 34.1 Å². The van der Waals surface area contributed by atoms with E-state index in [0.717, 1.165) is 47.0 Å². The minimum Gasteiger partial charge on any atom is -0.310 e. The second-order valence-corrected chi connectivity index (χ2v) is 26.4. The fraction of sp³-hybridized carbons (Fsp3) is 0.0753. The SMILES string of the molecule is c1ccc(N2c3ccccc3C(c3ccccc3)(c3ccccc3)c3c(-c4cccc5c(-c6cccc7c6-c6ccccc6C76CCCC6)c6cccc(-c7cccc8c7C(c7ccccc7)(c7ccccc7)c7ccccc7N8c7ccccc7)c6cc45)cccc32)cc1. The summed E-state index contributed by atoms with van der Waals surface area (Å²) < 4.78 is 0. The van der Waals surface area contributed by atoms with E-state index >= 15 is 0 Å². The van der Waals surface area contributed by atoms with Crippen molar-refractivity contribution in [3.63, 3.8) is 0 Å². The third-order valence-electron chi connectivity index (χ3n) is 21.9. The van der Waals surface area contributed by atoms with Gasteiger partial charge in [-0.05, 0) is 178 Å². The van der Waals surface area contributed by atoms with Gasteiger partial charge in [0.2, 0.25) is 0 Å². The number of para-hydroxylation sites is 4. The molecule has 15 aromatic rings. The Morgan fingerprint density at radius 2 is 0.547 bits per heavy atom. The van der Waals surface area contributed by atoms with Crippen LogP contribution in [-0.4, -0.2) is 0 Å². The largest absolute Gasteiger partial charge is 0.310 e. The molecular weight excluding hydrogens is 1150 g/mol. The van der Waals surface area contributed by atoms with Crippen molar-refractivity contribution in [1.82, 2.24) is 0 Å². The molecule has 0 unspecified atom stereocenters. The molecule has 2 heteroatoms. The zero-order chi connectivity index (χ0) is 62.7. The summed E-state index contributed by atoms with van der Waals surface area (Å²) >= 11 is 0. The van der Waals surface area contributed by atoms with Gasteiger partial charge in [-0.25, -0.2) is 0 Å². The first-order valence-corrected chi connectivity index (χ1v) is 33.8. The molecule has 19 rings (SSSR count). The van der Waals surface area contributed by atoms with Gasteiger partial charge in [-0.1, -0.05) is 310 Å². The summed E-state index contributed by atoms with van der Waals surface area (Å²) in [6.07, 6.45) is 4.77. The van der Waals surface area contributed by atoms with Crippen molar-refractivity contribution in [2.45, 2.75) is 41.9 Å². The van der Waals surface area contributed by atoms with Gasteiger partial charge in [0.25, 0.3) is 0 Å². The lowest BCUT2D eigenvalue weighted by atomic mass is 9.60. The molecule has 0 amide bonds. The quantitative estimate of drug-likeness (QED) is 0.133. The maximum atomic E-state index is 2.60. The summed E-state index contributed by atoms with van der Waals surface area (Å²) in [5, 5.41) is 4.86. The van der Waals surface area contributed by atoms with Crippen LogP contribution in [0.2, 0.25) is 0 Å². The normalized spacial score (nSPS) is 15.0. The monoisotopic (exact) mass is 1210 g/mol. The molecule has 0 saturated heterocycles. The van der Waals surface area contributed by atoms with Gasteiger partial charge < -0.3 is 9.80 Å². The maximum Gasteiger partial charge on any atom is 0.0748 e. The van der Waals surface area contributed by atoms with Gasteiger partial charge in [0.1, 0.15) is 0 Å². The van der Waals surface area contributed by atoms with Gasteiger partial charge >= 0.3 is 0 Å². The van der Waals surface area contributed by atoms with Gasteiger partial charge in [0.15, 0.2) is 0 Å². The van der Waals surface area contributed by atoms with Crippen LogP contribution in [0, 0.1) is 0 Å². The first kappa shape index (κ1) is 55.1. The number of nitrogens with zero attached hydrogens (tertiary/aromatic N) is 2. The van der Waals surface area contributed by atoms with Crippen LogP contribution in [0.25, 0.3) is 66.1 Å². The van der Waals surface area contributed by atoms with Gasteiger partial charge in [0.05, 0.1) is 33.6 Å². The number of fused-ring (bicyclic) bond motifs is 11. The van der Waals surface area contributed by atoms with Crippen molar-refractivity contribution in [3.05, 3.63) is 407 Å². The predicted molar refractivity (Wildman–Crippen MR) is 396 cm³/mol. The molecule has 2 aliphatic carbocycles. The van der Waals surface area contributed by atoms with Crippen LogP contribution in [0.3, 0.4) is 0 Å². The molecule has 1 spiro atoms. The average Bonchev–Trinajstić information content (AvgIpc) is 1.36. The summed E-state index contributed by atoms with van der Waals surface area (Å²) in [6, 6.07) is 134. The lowest BCUT2D eigenvalue weighted by Crippen LogP contribution is -2.38. The van der Waals surface area contributed by atoms with Crippen molar-refractivity contribution in [2.24, 2.45) is 0 Å². The van der Waals surface area contributed by atoms with E-state index in [1.807, 2.05) is 0 Å².